The second kappa shape index (κ2) is 7.97. The van der Waals surface area contributed by atoms with Crippen molar-refractivity contribution in [2.24, 2.45) is 0 Å². The van der Waals surface area contributed by atoms with E-state index in [1.165, 1.54) is 0 Å². The van der Waals surface area contributed by atoms with Crippen molar-refractivity contribution in [2.45, 2.75) is 10.9 Å². The summed E-state index contributed by atoms with van der Waals surface area (Å²) in [6.07, 6.45) is 0. The zero-order valence-corrected chi connectivity index (χ0v) is 15.8. The minimum atomic E-state index is -4.15. The van der Waals surface area contributed by atoms with Crippen molar-refractivity contribution in [3.05, 3.63) is 63.6 Å². The van der Waals surface area contributed by atoms with Gasteiger partial charge in [-0.05, 0) is 43.9 Å². The molecule has 0 fully saturated rings. The molecular weight excluding hydrogens is 393 g/mol. The molecule has 0 bridgehead atoms. The highest BCUT2D eigenvalue weighted by molar-refractivity contribution is 7.89. The van der Waals surface area contributed by atoms with E-state index in [1.807, 2.05) is 0 Å². The van der Waals surface area contributed by atoms with Gasteiger partial charge in [-0.25, -0.2) is 21.9 Å². The molecule has 0 aliphatic rings. The van der Waals surface area contributed by atoms with Crippen LogP contribution in [0.3, 0.4) is 0 Å². The molecule has 136 valence electrons. The van der Waals surface area contributed by atoms with Gasteiger partial charge in [0.15, 0.2) is 0 Å². The van der Waals surface area contributed by atoms with Crippen LogP contribution in [-0.4, -0.2) is 34.0 Å². The smallest absolute Gasteiger partial charge is 0.241 e. The third-order valence-electron chi connectivity index (χ3n) is 3.34. The number of benzene rings is 2. The fourth-order valence-electron chi connectivity index (χ4n) is 2.24. The molecule has 25 heavy (non-hydrogen) atoms. The van der Waals surface area contributed by atoms with Crippen LogP contribution in [0.4, 0.5) is 8.78 Å². The van der Waals surface area contributed by atoms with Gasteiger partial charge in [0.2, 0.25) is 10.0 Å². The summed E-state index contributed by atoms with van der Waals surface area (Å²) in [5, 5.41) is 0.614. The average molecular weight is 409 g/mol. The van der Waals surface area contributed by atoms with Crippen LogP contribution in [-0.2, 0) is 10.0 Å². The van der Waals surface area contributed by atoms with Crippen molar-refractivity contribution in [3.8, 4) is 0 Å². The fraction of sp³-hybridized carbons (Fsp3) is 0.250. The second-order valence-electron chi connectivity index (χ2n) is 5.71. The van der Waals surface area contributed by atoms with Crippen LogP contribution in [0, 0.1) is 11.6 Å². The number of likely N-dealkylation sites (N-methyl/N-ethyl adjacent to an activating group) is 1. The lowest BCUT2D eigenvalue weighted by atomic mass is 10.1. The van der Waals surface area contributed by atoms with Crippen LogP contribution >= 0.6 is 23.2 Å². The number of hydrogen-bond acceptors (Lipinski definition) is 3. The Kier molecular flexibility index (Phi) is 6.40. The summed E-state index contributed by atoms with van der Waals surface area (Å²) in [6.45, 7) is 0.301. The van der Waals surface area contributed by atoms with Gasteiger partial charge in [0.25, 0.3) is 0 Å². The van der Waals surface area contributed by atoms with E-state index >= 15 is 0 Å². The zero-order chi connectivity index (χ0) is 18.8. The molecule has 0 saturated carbocycles. The third-order valence-corrected chi connectivity index (χ3v) is 5.53. The van der Waals surface area contributed by atoms with E-state index in [-0.39, 0.29) is 5.02 Å². The van der Waals surface area contributed by atoms with Crippen molar-refractivity contribution < 1.29 is 17.2 Å². The average Bonchev–Trinajstić information content (AvgIpc) is 2.47. The molecule has 0 radical (unpaired) electrons. The Hall–Kier alpha value is -1.25. The van der Waals surface area contributed by atoms with Crippen LogP contribution in [0.5, 0.6) is 0 Å². The summed E-state index contributed by atoms with van der Waals surface area (Å²) >= 11 is 11.9. The number of nitrogens with zero attached hydrogens (tertiary/aromatic N) is 1. The highest BCUT2D eigenvalue weighted by Gasteiger charge is 2.23. The lowest BCUT2D eigenvalue weighted by Gasteiger charge is -2.23. The lowest BCUT2D eigenvalue weighted by Crippen LogP contribution is -2.35. The van der Waals surface area contributed by atoms with Crippen molar-refractivity contribution in [2.75, 3.05) is 20.6 Å². The first-order chi connectivity index (χ1) is 11.6. The molecule has 1 unspecified atom stereocenters. The Morgan fingerprint density at radius 2 is 1.64 bits per heavy atom. The molecule has 1 N–H and O–H groups in total. The molecule has 0 saturated heterocycles. The lowest BCUT2D eigenvalue weighted by molar-refractivity contribution is 0.363. The Morgan fingerprint density at radius 3 is 2.16 bits per heavy atom. The van der Waals surface area contributed by atoms with Crippen LogP contribution in [0.1, 0.15) is 11.6 Å². The molecule has 0 amide bonds. The number of sulfonamides is 1. The van der Waals surface area contributed by atoms with Gasteiger partial charge < -0.3 is 4.90 Å². The number of hydrogen-bond donors (Lipinski definition) is 1. The maximum absolute atomic E-state index is 13.4. The molecular formula is C16H16Cl2F2N2O2S. The van der Waals surface area contributed by atoms with Gasteiger partial charge in [-0.1, -0.05) is 29.3 Å². The van der Waals surface area contributed by atoms with E-state index in [0.717, 1.165) is 12.1 Å². The maximum Gasteiger partial charge on any atom is 0.241 e. The molecule has 9 heteroatoms. The normalized spacial score (nSPS) is 13.2. The standard InChI is InChI=1S/C16H16Cl2F2N2O2S/c1-22(2)9-16(10-3-4-14(17)15(18)5-10)21-25(23,24)13-7-11(19)6-12(20)8-13/h3-8,16,21H,9H2,1-2H3. The predicted octanol–water partition coefficient (Wildman–Crippen LogP) is 3.85. The Morgan fingerprint density at radius 1 is 1.04 bits per heavy atom. The van der Waals surface area contributed by atoms with Gasteiger partial charge in [0.1, 0.15) is 11.6 Å². The molecule has 0 aliphatic carbocycles. The molecule has 0 spiro atoms. The predicted molar refractivity (Wildman–Crippen MR) is 94.4 cm³/mol. The first kappa shape index (κ1) is 20.1. The molecule has 2 rings (SSSR count). The second-order valence-corrected chi connectivity index (χ2v) is 8.24. The number of nitrogens with one attached hydrogen (secondary N) is 1. The van der Waals surface area contributed by atoms with Gasteiger partial charge >= 0.3 is 0 Å². The van der Waals surface area contributed by atoms with E-state index in [9.17, 15) is 17.2 Å². The van der Waals surface area contributed by atoms with Gasteiger partial charge in [-0.2, -0.15) is 0 Å². The zero-order valence-electron chi connectivity index (χ0n) is 13.4. The summed E-state index contributed by atoms with van der Waals surface area (Å²) in [5.74, 6) is -1.95. The van der Waals surface area contributed by atoms with Crippen molar-refractivity contribution in [1.29, 1.82) is 0 Å². The number of rotatable bonds is 6. The number of halogens is 4. The largest absolute Gasteiger partial charge is 0.307 e. The fourth-order valence-corrected chi connectivity index (χ4v) is 3.81. The summed E-state index contributed by atoms with van der Waals surface area (Å²) in [5.41, 5.74) is 0.573. The first-order valence-corrected chi connectivity index (χ1v) is 9.40. The van der Waals surface area contributed by atoms with Crippen LogP contribution in [0.25, 0.3) is 0 Å². The molecule has 1 atom stereocenters. The minimum absolute atomic E-state index is 0.277. The summed E-state index contributed by atoms with van der Waals surface area (Å²) in [4.78, 5) is 1.27. The highest BCUT2D eigenvalue weighted by atomic mass is 35.5. The third kappa shape index (κ3) is 5.36. The first-order valence-electron chi connectivity index (χ1n) is 7.16. The van der Waals surface area contributed by atoms with Gasteiger partial charge in [-0.3, -0.25) is 0 Å². The molecule has 4 nitrogen and oxygen atoms in total. The van der Waals surface area contributed by atoms with Crippen LogP contribution < -0.4 is 4.72 Å². The SMILES string of the molecule is CN(C)CC(NS(=O)(=O)c1cc(F)cc(F)c1)c1ccc(Cl)c(Cl)c1. The summed E-state index contributed by atoms with van der Waals surface area (Å²) in [7, 11) is -0.625. The molecule has 2 aromatic carbocycles. The molecule has 0 aliphatic heterocycles. The van der Waals surface area contributed by atoms with E-state index < -0.39 is 32.6 Å². The van der Waals surface area contributed by atoms with Gasteiger partial charge in [-0.15, -0.1) is 0 Å². The highest BCUT2D eigenvalue weighted by Crippen LogP contribution is 2.27. The molecule has 0 heterocycles. The van der Waals surface area contributed by atoms with Gasteiger partial charge in [0, 0.05) is 12.6 Å². The van der Waals surface area contributed by atoms with E-state index in [1.54, 1.807) is 37.2 Å². The van der Waals surface area contributed by atoms with Crippen molar-refractivity contribution >= 4 is 33.2 Å². The molecule has 0 aromatic heterocycles. The maximum atomic E-state index is 13.4. The minimum Gasteiger partial charge on any atom is -0.307 e. The van der Waals surface area contributed by atoms with Crippen LogP contribution in [0.15, 0.2) is 41.3 Å². The van der Waals surface area contributed by atoms with Gasteiger partial charge in [0.05, 0.1) is 21.0 Å². The van der Waals surface area contributed by atoms with Crippen molar-refractivity contribution in [1.82, 2.24) is 9.62 Å². The monoisotopic (exact) mass is 408 g/mol. The van der Waals surface area contributed by atoms with Crippen molar-refractivity contribution in [3.63, 3.8) is 0 Å². The Bertz CT molecular complexity index is 856. The van der Waals surface area contributed by atoms with Crippen LogP contribution in [0.2, 0.25) is 10.0 Å². The van der Waals surface area contributed by atoms with E-state index in [4.69, 9.17) is 23.2 Å². The Labute approximate surface area is 155 Å². The Balaban J connectivity index is 2.39. The van der Waals surface area contributed by atoms with E-state index in [0.29, 0.717) is 23.2 Å². The quantitative estimate of drug-likeness (QED) is 0.789. The summed E-state index contributed by atoms with van der Waals surface area (Å²) < 4.78 is 54.2. The van der Waals surface area contributed by atoms with E-state index in [2.05, 4.69) is 4.72 Å². The topological polar surface area (TPSA) is 49.4 Å². The molecule has 2 aromatic rings. The summed E-state index contributed by atoms with van der Waals surface area (Å²) in [6, 6.07) is 6.16.